The van der Waals surface area contributed by atoms with Crippen molar-refractivity contribution < 1.29 is 4.79 Å². The fourth-order valence-corrected chi connectivity index (χ4v) is 2.61. The molecule has 0 saturated carbocycles. The third kappa shape index (κ3) is 2.34. The highest BCUT2D eigenvalue weighted by Crippen LogP contribution is 2.16. The minimum Gasteiger partial charge on any atom is -0.346 e. The van der Waals surface area contributed by atoms with E-state index in [4.69, 9.17) is 0 Å². The molecule has 6 heteroatoms. The fourth-order valence-electron chi connectivity index (χ4n) is 1.90. The number of hydrogen-bond acceptors (Lipinski definition) is 4. The Morgan fingerprint density at radius 3 is 3.16 bits per heavy atom. The largest absolute Gasteiger partial charge is 0.346 e. The van der Waals surface area contributed by atoms with E-state index in [-0.39, 0.29) is 5.91 Å². The molecule has 19 heavy (non-hydrogen) atoms. The van der Waals surface area contributed by atoms with Crippen LogP contribution in [-0.4, -0.2) is 21.1 Å². The molecule has 3 aromatic rings. The predicted octanol–water partition coefficient (Wildman–Crippen LogP) is 2.26. The number of carbonyl (C=O) groups excluding carboxylic acids is 1. The molecule has 0 unspecified atom stereocenters. The second-order valence-corrected chi connectivity index (χ2v) is 5.14. The van der Waals surface area contributed by atoms with Gasteiger partial charge in [-0.1, -0.05) is 6.07 Å². The van der Waals surface area contributed by atoms with Gasteiger partial charge in [-0.15, -0.1) is 11.3 Å². The van der Waals surface area contributed by atoms with Crippen LogP contribution >= 0.6 is 11.3 Å². The van der Waals surface area contributed by atoms with Crippen LogP contribution in [-0.2, 0) is 6.54 Å². The molecule has 0 atom stereocenters. The highest BCUT2D eigenvalue weighted by Gasteiger charge is 2.11. The lowest BCUT2D eigenvalue weighted by molar-refractivity contribution is 0.0952. The van der Waals surface area contributed by atoms with Crippen LogP contribution in [0.4, 0.5) is 0 Å². The Morgan fingerprint density at radius 1 is 1.47 bits per heavy atom. The highest BCUT2D eigenvalue weighted by atomic mass is 32.1. The van der Waals surface area contributed by atoms with E-state index in [0.717, 1.165) is 21.6 Å². The van der Waals surface area contributed by atoms with Gasteiger partial charge in [0.25, 0.3) is 5.91 Å². The zero-order valence-corrected chi connectivity index (χ0v) is 11.1. The Balaban J connectivity index is 1.78. The first kappa shape index (κ1) is 11.9. The third-order valence-electron chi connectivity index (χ3n) is 2.80. The molecular formula is C13H12N4OS. The number of H-pyrrole nitrogens is 1. The van der Waals surface area contributed by atoms with Crippen molar-refractivity contribution in [2.45, 2.75) is 13.5 Å². The first-order chi connectivity index (χ1) is 9.24. The number of amides is 1. The molecule has 0 bridgehead atoms. The second kappa shape index (κ2) is 4.81. The Labute approximate surface area is 113 Å². The van der Waals surface area contributed by atoms with Crippen molar-refractivity contribution >= 4 is 28.1 Å². The van der Waals surface area contributed by atoms with Crippen molar-refractivity contribution in [1.29, 1.82) is 0 Å². The summed E-state index contributed by atoms with van der Waals surface area (Å²) in [5, 5.41) is 13.4. The molecule has 2 heterocycles. The van der Waals surface area contributed by atoms with Crippen LogP contribution in [0.3, 0.4) is 0 Å². The first-order valence-electron chi connectivity index (χ1n) is 5.85. The van der Waals surface area contributed by atoms with Crippen LogP contribution in [0, 0.1) is 6.92 Å². The number of hydrogen-bond donors (Lipinski definition) is 2. The van der Waals surface area contributed by atoms with Gasteiger partial charge in [-0.2, -0.15) is 5.10 Å². The number of thiazole rings is 1. The molecule has 0 radical (unpaired) electrons. The highest BCUT2D eigenvalue weighted by molar-refractivity contribution is 7.09. The molecule has 96 valence electrons. The minimum atomic E-state index is -0.111. The molecule has 0 aliphatic rings. The summed E-state index contributed by atoms with van der Waals surface area (Å²) in [6.07, 6.45) is 1.66. The summed E-state index contributed by atoms with van der Waals surface area (Å²) in [7, 11) is 0. The van der Waals surface area contributed by atoms with E-state index in [0.29, 0.717) is 12.1 Å². The van der Waals surface area contributed by atoms with E-state index in [1.165, 1.54) is 0 Å². The van der Waals surface area contributed by atoms with Crippen molar-refractivity contribution in [2.24, 2.45) is 0 Å². The van der Waals surface area contributed by atoms with E-state index in [1.807, 2.05) is 24.4 Å². The number of carbonyl (C=O) groups is 1. The SMILES string of the molecule is Cc1csc(CNC(=O)c2cccc3[nH]ncc23)n1. The lowest BCUT2D eigenvalue weighted by Gasteiger charge is -2.04. The number of aromatic amines is 1. The van der Waals surface area contributed by atoms with Crippen molar-refractivity contribution in [3.8, 4) is 0 Å². The normalized spacial score (nSPS) is 10.8. The van der Waals surface area contributed by atoms with Crippen molar-refractivity contribution in [3.63, 3.8) is 0 Å². The molecule has 2 aromatic heterocycles. The number of nitrogens with one attached hydrogen (secondary N) is 2. The monoisotopic (exact) mass is 272 g/mol. The van der Waals surface area contributed by atoms with Gasteiger partial charge in [0.15, 0.2) is 0 Å². The minimum absolute atomic E-state index is 0.111. The summed E-state index contributed by atoms with van der Waals surface area (Å²) in [4.78, 5) is 16.5. The number of fused-ring (bicyclic) bond motifs is 1. The molecule has 2 N–H and O–H groups in total. The lowest BCUT2D eigenvalue weighted by Crippen LogP contribution is -2.22. The maximum atomic E-state index is 12.2. The summed E-state index contributed by atoms with van der Waals surface area (Å²) >= 11 is 1.55. The van der Waals surface area contributed by atoms with Gasteiger partial charge in [0, 0.05) is 16.5 Å². The number of aromatic nitrogens is 3. The predicted molar refractivity (Wildman–Crippen MR) is 74.1 cm³/mol. The van der Waals surface area contributed by atoms with E-state index < -0.39 is 0 Å². The standard InChI is InChI=1S/C13H12N4OS/c1-8-7-19-12(16-8)6-14-13(18)9-3-2-4-11-10(9)5-15-17-11/h2-5,7H,6H2,1H3,(H,14,18)(H,15,17). The van der Waals surface area contributed by atoms with Crippen LogP contribution in [0.25, 0.3) is 10.9 Å². The number of nitrogens with zero attached hydrogens (tertiary/aromatic N) is 2. The molecule has 1 amide bonds. The first-order valence-corrected chi connectivity index (χ1v) is 6.73. The Kier molecular flexibility index (Phi) is 3.00. The van der Waals surface area contributed by atoms with E-state index in [9.17, 15) is 4.79 Å². The van der Waals surface area contributed by atoms with Crippen molar-refractivity contribution in [1.82, 2.24) is 20.5 Å². The van der Waals surface area contributed by atoms with E-state index in [2.05, 4.69) is 20.5 Å². The summed E-state index contributed by atoms with van der Waals surface area (Å²) in [6, 6.07) is 5.52. The Hall–Kier alpha value is -2.21. The van der Waals surface area contributed by atoms with Crippen molar-refractivity contribution in [2.75, 3.05) is 0 Å². The zero-order chi connectivity index (χ0) is 13.2. The van der Waals surface area contributed by atoms with Gasteiger partial charge < -0.3 is 5.32 Å². The molecule has 0 spiro atoms. The average molecular weight is 272 g/mol. The van der Waals surface area contributed by atoms with Crippen LogP contribution in [0.5, 0.6) is 0 Å². The second-order valence-electron chi connectivity index (χ2n) is 4.20. The van der Waals surface area contributed by atoms with Crippen LogP contribution in [0.2, 0.25) is 0 Å². The van der Waals surface area contributed by atoms with Gasteiger partial charge in [0.2, 0.25) is 0 Å². The molecular weight excluding hydrogens is 260 g/mol. The maximum Gasteiger partial charge on any atom is 0.252 e. The lowest BCUT2D eigenvalue weighted by atomic mass is 10.1. The van der Waals surface area contributed by atoms with Gasteiger partial charge in [-0.25, -0.2) is 4.98 Å². The molecule has 0 saturated heterocycles. The summed E-state index contributed by atoms with van der Waals surface area (Å²) in [5.74, 6) is -0.111. The van der Waals surface area contributed by atoms with Crippen molar-refractivity contribution in [3.05, 3.63) is 46.0 Å². The number of aryl methyl sites for hydroxylation is 1. The number of benzene rings is 1. The summed E-state index contributed by atoms with van der Waals surface area (Å²) in [6.45, 7) is 2.39. The summed E-state index contributed by atoms with van der Waals surface area (Å²) < 4.78 is 0. The molecule has 0 fully saturated rings. The van der Waals surface area contributed by atoms with Gasteiger partial charge in [-0.3, -0.25) is 9.89 Å². The van der Waals surface area contributed by atoms with Crippen LogP contribution in [0.1, 0.15) is 21.1 Å². The van der Waals surface area contributed by atoms with E-state index in [1.54, 1.807) is 23.6 Å². The van der Waals surface area contributed by atoms with Gasteiger partial charge in [0.1, 0.15) is 5.01 Å². The maximum absolute atomic E-state index is 12.2. The van der Waals surface area contributed by atoms with Gasteiger partial charge in [-0.05, 0) is 19.1 Å². The fraction of sp³-hybridized carbons (Fsp3) is 0.154. The molecule has 5 nitrogen and oxygen atoms in total. The molecule has 0 aliphatic carbocycles. The van der Waals surface area contributed by atoms with Crippen LogP contribution < -0.4 is 5.32 Å². The quantitative estimate of drug-likeness (QED) is 0.768. The molecule has 1 aromatic carbocycles. The Morgan fingerprint density at radius 2 is 2.37 bits per heavy atom. The van der Waals surface area contributed by atoms with Gasteiger partial charge in [0.05, 0.1) is 23.8 Å². The van der Waals surface area contributed by atoms with Gasteiger partial charge >= 0.3 is 0 Å². The van der Waals surface area contributed by atoms with Crippen LogP contribution in [0.15, 0.2) is 29.8 Å². The molecule has 0 aliphatic heterocycles. The average Bonchev–Trinajstić information content (AvgIpc) is 3.03. The number of rotatable bonds is 3. The zero-order valence-electron chi connectivity index (χ0n) is 10.3. The molecule has 3 rings (SSSR count). The summed E-state index contributed by atoms with van der Waals surface area (Å²) in [5.41, 5.74) is 2.46. The third-order valence-corrected chi connectivity index (χ3v) is 3.76. The Bertz CT molecular complexity index is 731. The smallest absolute Gasteiger partial charge is 0.252 e. The van der Waals surface area contributed by atoms with E-state index >= 15 is 0 Å². The topological polar surface area (TPSA) is 70.7 Å².